The number of oxazole rings is 1. The molecule has 0 amide bonds. The summed E-state index contributed by atoms with van der Waals surface area (Å²) in [6.45, 7) is 23.8. The lowest BCUT2D eigenvalue weighted by molar-refractivity contribution is 0.561. The van der Waals surface area contributed by atoms with E-state index in [1.807, 2.05) is 230 Å². The predicted octanol–water partition coefficient (Wildman–Crippen LogP) is 21.3. The number of allylic oxidation sites excluding steroid dienone is 2. The Morgan fingerprint density at radius 3 is 1.69 bits per heavy atom. The zero-order valence-corrected chi connectivity index (χ0v) is 65.6. The molecule has 16 aromatic rings. The van der Waals surface area contributed by atoms with Crippen LogP contribution in [0.3, 0.4) is 0 Å². The third-order valence-corrected chi connectivity index (χ3v) is 17.9. The average Bonchev–Trinajstić information content (AvgIpc) is 1.57. The van der Waals surface area contributed by atoms with E-state index in [9.17, 15) is 0 Å². The summed E-state index contributed by atoms with van der Waals surface area (Å²) in [6, 6.07) is 53.7. The fourth-order valence-electron chi connectivity index (χ4n) is 11.6. The summed E-state index contributed by atoms with van der Waals surface area (Å²) in [7, 11) is 0. The van der Waals surface area contributed by atoms with Crippen LogP contribution in [0.5, 0.6) is 0 Å². The van der Waals surface area contributed by atoms with Crippen molar-refractivity contribution < 1.29 is 4.42 Å². The van der Waals surface area contributed by atoms with Gasteiger partial charge < -0.3 is 18.8 Å². The molecular formula is C87H93N19OS2. The Balaban J connectivity index is 0.000000127. The summed E-state index contributed by atoms with van der Waals surface area (Å²) >= 11 is 3.34. The first kappa shape index (κ1) is 79.3. The predicted molar refractivity (Wildman–Crippen MR) is 448 cm³/mol. The zero-order valence-electron chi connectivity index (χ0n) is 64.0. The minimum atomic E-state index is 0.723. The van der Waals surface area contributed by atoms with Crippen LogP contribution in [-0.4, -0.2) is 96.7 Å². The van der Waals surface area contributed by atoms with Gasteiger partial charge in [-0.2, -0.15) is 5.10 Å². The Morgan fingerprint density at radius 1 is 0.440 bits per heavy atom. The summed E-state index contributed by atoms with van der Waals surface area (Å²) < 4.78 is 9.03. The molecular weight excluding hydrogens is 1390 g/mol. The topological polar surface area (TPSA) is 245 Å². The molecule has 0 radical (unpaired) electrons. The molecule has 5 aliphatic rings. The highest BCUT2D eigenvalue weighted by Crippen LogP contribution is 2.33. The fourth-order valence-corrected chi connectivity index (χ4v) is 12.7. The van der Waals surface area contributed by atoms with Crippen molar-refractivity contribution in [2.45, 2.75) is 134 Å². The molecule has 554 valence electrons. The average molecular weight is 1480 g/mol. The summed E-state index contributed by atoms with van der Waals surface area (Å²) in [5.41, 5.74) is 26.1. The van der Waals surface area contributed by atoms with Gasteiger partial charge in [-0.3, -0.25) is 39.9 Å². The summed E-state index contributed by atoms with van der Waals surface area (Å²) in [6.07, 6.45) is 26.1. The number of pyridine rings is 4. The van der Waals surface area contributed by atoms with Gasteiger partial charge in [-0.05, 0) is 203 Å². The number of thiazole rings is 1. The number of benzene rings is 4. The van der Waals surface area contributed by atoms with Gasteiger partial charge in [0.1, 0.15) is 28.6 Å². The molecule has 0 unspecified atom stereocenters. The molecule has 22 heteroatoms. The van der Waals surface area contributed by atoms with Crippen LogP contribution in [0.25, 0.3) is 44.5 Å². The van der Waals surface area contributed by atoms with Gasteiger partial charge in [-0.15, -0.1) is 22.7 Å². The Hall–Kier alpha value is -12.3. The maximum absolute atomic E-state index is 5.26. The number of hydrogen-bond donors (Lipinski definition) is 2. The third kappa shape index (κ3) is 25.7. The largest absolute Gasteiger partial charge is 0.441 e. The Morgan fingerprint density at radius 2 is 1.08 bits per heavy atom. The number of fused-ring (bicyclic) bond motifs is 8. The number of imidazole rings is 3. The number of H-pyrrole nitrogens is 2. The lowest BCUT2D eigenvalue weighted by Gasteiger charge is -2.10. The number of aryl methyl sites for hydroxylation is 8. The highest BCUT2D eigenvalue weighted by molar-refractivity contribution is 7.09. The number of aromatic nitrogens is 15. The zero-order chi connectivity index (χ0) is 76.7. The van der Waals surface area contributed by atoms with Crippen molar-refractivity contribution in [3.8, 4) is 0 Å². The smallest absolute Gasteiger partial charge is 0.192 e. The molecule has 12 aromatic heterocycles. The van der Waals surface area contributed by atoms with E-state index in [0.717, 1.165) is 138 Å². The van der Waals surface area contributed by atoms with Gasteiger partial charge in [0.15, 0.2) is 17.1 Å². The second kappa shape index (κ2) is 41.0. The monoisotopic (exact) mass is 1480 g/mol. The Labute approximate surface area is 645 Å². The van der Waals surface area contributed by atoms with E-state index in [1.165, 1.54) is 66.1 Å². The number of hydrogen-bond acceptors (Lipinski definition) is 18. The van der Waals surface area contributed by atoms with Gasteiger partial charge in [-0.1, -0.05) is 78.9 Å². The van der Waals surface area contributed by atoms with E-state index in [-0.39, 0.29) is 0 Å². The van der Waals surface area contributed by atoms with E-state index >= 15 is 0 Å². The van der Waals surface area contributed by atoms with Crippen LogP contribution in [0.15, 0.2) is 271 Å². The second-order valence-electron chi connectivity index (χ2n) is 26.0. The molecule has 2 N–H and O–H groups in total. The van der Waals surface area contributed by atoms with E-state index in [0.29, 0.717) is 0 Å². The minimum Gasteiger partial charge on any atom is -0.441 e. The minimum absolute atomic E-state index is 0.723. The Bertz CT molecular complexity index is 5160. The van der Waals surface area contributed by atoms with Crippen LogP contribution >= 0.6 is 22.7 Å². The van der Waals surface area contributed by atoms with Crippen LogP contribution in [0.1, 0.15) is 122 Å². The lowest BCUT2D eigenvalue weighted by Crippen LogP contribution is -1.93. The molecule has 109 heavy (non-hydrogen) atoms. The van der Waals surface area contributed by atoms with Crippen molar-refractivity contribution in [3.05, 3.63) is 309 Å². The van der Waals surface area contributed by atoms with E-state index in [1.54, 1.807) is 63.7 Å². The van der Waals surface area contributed by atoms with Crippen LogP contribution in [0, 0.1) is 55.4 Å². The lowest BCUT2D eigenvalue weighted by atomic mass is 9.96. The molecule has 1 aliphatic carbocycles. The van der Waals surface area contributed by atoms with Crippen LogP contribution in [-0.2, 0) is 19.3 Å². The molecule has 0 bridgehead atoms. The van der Waals surface area contributed by atoms with Crippen LogP contribution in [0.2, 0.25) is 0 Å². The highest BCUT2D eigenvalue weighted by atomic mass is 32.1. The van der Waals surface area contributed by atoms with Crippen LogP contribution < -0.4 is 0 Å². The number of para-hydroxylation sites is 6. The second-order valence-corrected chi connectivity index (χ2v) is 27.8. The first-order valence-electron chi connectivity index (χ1n) is 36.2. The number of aliphatic imine (C=N–C) groups is 4. The molecule has 0 spiro atoms. The number of thiophene rings is 1. The van der Waals surface area contributed by atoms with Crippen molar-refractivity contribution in [3.63, 3.8) is 0 Å². The van der Waals surface area contributed by atoms with Gasteiger partial charge in [0.25, 0.3) is 0 Å². The number of nitrogens with one attached hydrogen (secondary N) is 2. The third-order valence-electron chi connectivity index (χ3n) is 16.5. The molecule has 16 heterocycles. The number of rotatable bonds is 0. The molecule has 0 fully saturated rings. The highest BCUT2D eigenvalue weighted by Gasteiger charge is 2.18. The molecule has 21 rings (SSSR count). The summed E-state index contributed by atoms with van der Waals surface area (Å²) in [5.74, 6) is 3.50. The van der Waals surface area contributed by atoms with Gasteiger partial charge in [-0.25, -0.2) is 34.4 Å². The Kier molecular flexibility index (Phi) is 29.8. The molecule has 4 aliphatic heterocycles. The normalized spacial score (nSPS) is 12.7. The fraction of sp³-hybridized carbons (Fsp3) is 0.230. The van der Waals surface area contributed by atoms with Gasteiger partial charge in [0, 0.05) is 139 Å². The molecule has 0 atom stereocenters. The SMILES string of the molecule is CC1=NC2=C(CCCC2)C1.CC1=Nc2ccccc2C1.CC1=Nc2ccccc2C1.CC1=Nc2cccnc2C1.Cc1ccccn1.Cc1cn2ccccc2n1.Cc1cnc2ccccc2n1.Cc1nc2ccccc2o1.Cc1nc2ccccn2n1.Cc1nc2cscc2[nH]1.Cc1ncc[nH]1.Cc1nccs1. The van der Waals surface area contributed by atoms with Gasteiger partial charge >= 0.3 is 0 Å². The van der Waals surface area contributed by atoms with Crippen molar-refractivity contribution >= 4 is 107 Å². The number of aromatic amines is 2. The quantitative estimate of drug-likeness (QED) is 0.144. The molecule has 4 aromatic carbocycles. The molecule has 0 saturated carbocycles. The van der Waals surface area contributed by atoms with Crippen molar-refractivity contribution in [1.82, 2.24) is 73.8 Å². The standard InChI is InChI=1S/C9H8N2.C9H13N.2C9H9N.2C8H8N2.C8H7NO.C7H7N3.C6H6N2S.C6H7N.C4H6N2.C4H5NS/c1-7-6-10-8-4-2-3-5-9(8)11-7;3*1-7-6-8-4-2-3-5-9(8)10-7;1-6-5-8-7(10-6)3-2-4-9-8;1-7-6-10-5-3-2-4-8(10)9-7;1-6-9-7-4-2-3-5-8(7)10-6;1-6-8-7-4-2-3-5-10(7)9-6;1-4-7-5-2-9-3-6(5)8-4;1-6-4-2-3-5-7-6;2*1-4-5-2-3-6-4/h2-6H,1H3;2-6H2,1H3;2*2-5H,6H2,1H3;2-4H,5H2,1H3;2-6H,1H3;2*2-5H,1H3;2-3H,1H3,(H,7,8);2-5H,1H3;2-3H,1H3,(H,5,6);2-3H,1H3. The first-order valence-corrected chi connectivity index (χ1v) is 38.0. The molecule has 20 nitrogen and oxygen atoms in total. The summed E-state index contributed by atoms with van der Waals surface area (Å²) in [4.78, 5) is 64.9. The van der Waals surface area contributed by atoms with E-state index in [2.05, 4.69) is 147 Å². The van der Waals surface area contributed by atoms with Crippen molar-refractivity contribution in [2.75, 3.05) is 0 Å². The van der Waals surface area contributed by atoms with E-state index < -0.39 is 0 Å². The van der Waals surface area contributed by atoms with Gasteiger partial charge in [0.05, 0.1) is 61.2 Å². The maximum atomic E-state index is 5.26. The summed E-state index contributed by atoms with van der Waals surface area (Å²) in [5, 5.41) is 11.3. The van der Waals surface area contributed by atoms with Crippen molar-refractivity contribution in [2.24, 2.45) is 20.0 Å². The first-order chi connectivity index (χ1) is 52.9. The van der Waals surface area contributed by atoms with Crippen LogP contribution in [0.4, 0.5) is 17.1 Å². The van der Waals surface area contributed by atoms with Crippen molar-refractivity contribution in [1.29, 1.82) is 0 Å². The number of nitrogens with zero attached hydrogens (tertiary/aromatic N) is 17. The maximum Gasteiger partial charge on any atom is 0.192 e. The van der Waals surface area contributed by atoms with Gasteiger partial charge in [0.2, 0.25) is 0 Å². The molecule has 0 saturated heterocycles. The van der Waals surface area contributed by atoms with E-state index in [4.69, 9.17) is 4.42 Å².